The van der Waals surface area contributed by atoms with Crippen LogP contribution < -0.4 is 4.74 Å². The maximum absolute atomic E-state index is 11.5. The van der Waals surface area contributed by atoms with E-state index >= 15 is 0 Å². The van der Waals surface area contributed by atoms with Crippen molar-refractivity contribution < 1.29 is 14.6 Å². The minimum Gasteiger partial charge on any atom is -0.493 e. The van der Waals surface area contributed by atoms with Crippen molar-refractivity contribution >= 4 is 5.97 Å². The van der Waals surface area contributed by atoms with Gasteiger partial charge in [0.25, 0.3) is 0 Å². The predicted molar refractivity (Wildman–Crippen MR) is 68.0 cm³/mol. The number of benzene rings is 2. The van der Waals surface area contributed by atoms with Gasteiger partial charge in [0.15, 0.2) is 0 Å². The monoisotopic (exact) mass is 240 g/mol. The van der Waals surface area contributed by atoms with Gasteiger partial charge in [-0.2, -0.15) is 0 Å². The quantitative estimate of drug-likeness (QED) is 0.877. The standard InChI is InChI=1S/C15H12O3/c16-15(17)14-11(10-4-2-1-3-5-10)6-7-13-12(14)8-9-18-13/h1-7H,8-9H2,(H,16,17). The summed E-state index contributed by atoms with van der Waals surface area (Å²) in [7, 11) is 0. The lowest BCUT2D eigenvalue weighted by Gasteiger charge is -2.10. The summed E-state index contributed by atoms with van der Waals surface area (Å²) < 4.78 is 5.42. The highest BCUT2D eigenvalue weighted by Gasteiger charge is 2.23. The van der Waals surface area contributed by atoms with Crippen LogP contribution in [0, 0.1) is 0 Å². The molecule has 0 saturated heterocycles. The molecule has 2 aromatic rings. The van der Waals surface area contributed by atoms with Gasteiger partial charge in [0.2, 0.25) is 0 Å². The molecular formula is C15H12O3. The summed E-state index contributed by atoms with van der Waals surface area (Å²) in [5, 5.41) is 9.44. The minimum absolute atomic E-state index is 0.371. The second-order valence-corrected chi connectivity index (χ2v) is 4.23. The fourth-order valence-corrected chi connectivity index (χ4v) is 2.38. The van der Waals surface area contributed by atoms with E-state index in [4.69, 9.17) is 4.74 Å². The van der Waals surface area contributed by atoms with Crippen molar-refractivity contribution in [3.05, 3.63) is 53.6 Å². The maximum atomic E-state index is 11.5. The molecule has 0 bridgehead atoms. The van der Waals surface area contributed by atoms with E-state index in [0.717, 1.165) is 16.7 Å². The van der Waals surface area contributed by atoms with E-state index in [1.165, 1.54) is 0 Å². The number of carboxylic acids is 1. The molecule has 2 aromatic carbocycles. The van der Waals surface area contributed by atoms with Gasteiger partial charge < -0.3 is 9.84 Å². The first-order valence-electron chi connectivity index (χ1n) is 5.85. The average Bonchev–Trinajstić information content (AvgIpc) is 2.86. The zero-order valence-corrected chi connectivity index (χ0v) is 9.72. The Labute approximate surface area is 105 Å². The second-order valence-electron chi connectivity index (χ2n) is 4.23. The van der Waals surface area contributed by atoms with Crippen molar-refractivity contribution in [3.8, 4) is 16.9 Å². The Hall–Kier alpha value is -2.29. The highest BCUT2D eigenvalue weighted by molar-refractivity contribution is 5.98. The molecule has 3 heteroatoms. The Morgan fingerprint density at radius 1 is 1.11 bits per heavy atom. The van der Waals surface area contributed by atoms with Gasteiger partial charge in [0.05, 0.1) is 12.2 Å². The number of carbonyl (C=O) groups is 1. The Morgan fingerprint density at radius 2 is 1.89 bits per heavy atom. The van der Waals surface area contributed by atoms with Crippen LogP contribution in [0.25, 0.3) is 11.1 Å². The third-order valence-corrected chi connectivity index (χ3v) is 3.18. The third kappa shape index (κ3) is 1.64. The van der Waals surface area contributed by atoms with Crippen LogP contribution in [0.4, 0.5) is 0 Å². The Balaban J connectivity index is 2.25. The Kier molecular flexibility index (Phi) is 2.52. The number of carboxylic acid groups (broad SMARTS) is 1. The van der Waals surface area contributed by atoms with Crippen molar-refractivity contribution in [2.24, 2.45) is 0 Å². The van der Waals surface area contributed by atoms with E-state index in [-0.39, 0.29) is 0 Å². The summed E-state index contributed by atoms with van der Waals surface area (Å²) in [5.74, 6) is -0.191. The van der Waals surface area contributed by atoms with E-state index in [2.05, 4.69) is 0 Å². The summed E-state index contributed by atoms with van der Waals surface area (Å²) in [4.78, 5) is 11.5. The Morgan fingerprint density at radius 3 is 2.61 bits per heavy atom. The van der Waals surface area contributed by atoms with Crippen LogP contribution in [-0.4, -0.2) is 17.7 Å². The van der Waals surface area contributed by atoms with Gasteiger partial charge in [-0.05, 0) is 23.3 Å². The van der Waals surface area contributed by atoms with Gasteiger partial charge in [-0.25, -0.2) is 4.79 Å². The van der Waals surface area contributed by atoms with Crippen molar-refractivity contribution in [2.75, 3.05) is 6.61 Å². The molecule has 0 aliphatic carbocycles. The molecule has 1 aliphatic rings. The molecule has 3 rings (SSSR count). The van der Waals surface area contributed by atoms with Crippen LogP contribution in [-0.2, 0) is 6.42 Å². The molecule has 18 heavy (non-hydrogen) atoms. The molecule has 0 amide bonds. The van der Waals surface area contributed by atoms with Crippen molar-refractivity contribution in [3.63, 3.8) is 0 Å². The van der Waals surface area contributed by atoms with Gasteiger partial charge in [-0.15, -0.1) is 0 Å². The summed E-state index contributed by atoms with van der Waals surface area (Å²) in [6.07, 6.45) is 0.664. The molecule has 0 aromatic heterocycles. The first kappa shape index (κ1) is 10.8. The van der Waals surface area contributed by atoms with E-state index in [9.17, 15) is 9.90 Å². The van der Waals surface area contributed by atoms with E-state index < -0.39 is 5.97 Å². The second kappa shape index (κ2) is 4.18. The van der Waals surface area contributed by atoms with Crippen LogP contribution in [0.2, 0.25) is 0 Å². The first-order chi connectivity index (χ1) is 8.77. The normalized spacial score (nSPS) is 12.9. The molecule has 90 valence electrons. The number of aromatic carboxylic acids is 1. The lowest BCUT2D eigenvalue weighted by molar-refractivity contribution is 0.0696. The predicted octanol–water partition coefficient (Wildman–Crippen LogP) is 2.99. The van der Waals surface area contributed by atoms with E-state index in [0.29, 0.717) is 24.3 Å². The molecule has 0 unspecified atom stereocenters. The van der Waals surface area contributed by atoms with Gasteiger partial charge in [0, 0.05) is 12.0 Å². The lowest BCUT2D eigenvalue weighted by atomic mass is 9.94. The highest BCUT2D eigenvalue weighted by Crippen LogP contribution is 2.35. The highest BCUT2D eigenvalue weighted by atomic mass is 16.5. The van der Waals surface area contributed by atoms with Gasteiger partial charge in [-0.1, -0.05) is 30.3 Å². The molecule has 1 heterocycles. The molecular weight excluding hydrogens is 228 g/mol. The topological polar surface area (TPSA) is 46.5 Å². The zero-order chi connectivity index (χ0) is 12.5. The fourth-order valence-electron chi connectivity index (χ4n) is 2.38. The molecule has 1 aliphatic heterocycles. The number of hydrogen-bond acceptors (Lipinski definition) is 2. The molecule has 0 radical (unpaired) electrons. The number of rotatable bonds is 2. The molecule has 3 nitrogen and oxygen atoms in total. The van der Waals surface area contributed by atoms with Crippen LogP contribution in [0.3, 0.4) is 0 Å². The molecule has 0 fully saturated rings. The number of ether oxygens (including phenoxy) is 1. The summed E-state index contributed by atoms with van der Waals surface area (Å²) in [6, 6.07) is 13.3. The smallest absolute Gasteiger partial charge is 0.336 e. The van der Waals surface area contributed by atoms with Crippen molar-refractivity contribution in [1.29, 1.82) is 0 Å². The van der Waals surface area contributed by atoms with Crippen LogP contribution in [0.1, 0.15) is 15.9 Å². The van der Waals surface area contributed by atoms with Crippen LogP contribution >= 0.6 is 0 Å². The fraction of sp³-hybridized carbons (Fsp3) is 0.133. The summed E-state index contributed by atoms with van der Waals surface area (Å²) in [5.41, 5.74) is 2.86. The van der Waals surface area contributed by atoms with Gasteiger partial charge in [0.1, 0.15) is 5.75 Å². The largest absolute Gasteiger partial charge is 0.493 e. The summed E-state index contributed by atoms with van der Waals surface area (Å²) in [6.45, 7) is 0.563. The molecule has 0 spiro atoms. The first-order valence-corrected chi connectivity index (χ1v) is 5.85. The van der Waals surface area contributed by atoms with Crippen LogP contribution in [0.15, 0.2) is 42.5 Å². The molecule has 1 N–H and O–H groups in total. The molecule has 0 saturated carbocycles. The van der Waals surface area contributed by atoms with Crippen LogP contribution in [0.5, 0.6) is 5.75 Å². The van der Waals surface area contributed by atoms with E-state index in [1.807, 2.05) is 42.5 Å². The van der Waals surface area contributed by atoms with Gasteiger partial charge >= 0.3 is 5.97 Å². The minimum atomic E-state index is -0.892. The SMILES string of the molecule is O=C(O)c1c(-c2ccccc2)ccc2c1CCO2. The summed E-state index contributed by atoms with van der Waals surface area (Å²) >= 11 is 0. The maximum Gasteiger partial charge on any atom is 0.336 e. The number of hydrogen-bond donors (Lipinski definition) is 1. The van der Waals surface area contributed by atoms with Crippen molar-refractivity contribution in [1.82, 2.24) is 0 Å². The van der Waals surface area contributed by atoms with E-state index in [1.54, 1.807) is 0 Å². The lowest BCUT2D eigenvalue weighted by Crippen LogP contribution is -2.03. The molecule has 0 atom stereocenters. The average molecular weight is 240 g/mol. The van der Waals surface area contributed by atoms with Gasteiger partial charge in [-0.3, -0.25) is 0 Å². The third-order valence-electron chi connectivity index (χ3n) is 3.18. The van der Waals surface area contributed by atoms with Crippen molar-refractivity contribution in [2.45, 2.75) is 6.42 Å². The zero-order valence-electron chi connectivity index (χ0n) is 9.72. The Bertz CT molecular complexity index is 603. The number of fused-ring (bicyclic) bond motifs is 1.